The Labute approximate surface area is 83.6 Å². The van der Waals surface area contributed by atoms with Crippen molar-refractivity contribution in [3.05, 3.63) is 61.0 Å². The van der Waals surface area contributed by atoms with Crippen molar-refractivity contribution >= 4 is 0 Å². The van der Waals surface area contributed by atoms with Crippen molar-refractivity contribution in [1.29, 1.82) is 0 Å². The predicted octanol–water partition coefficient (Wildman–Crippen LogP) is 3.24. The van der Waals surface area contributed by atoms with Crippen LogP contribution in [0.15, 0.2) is 48.5 Å². The third-order valence-corrected chi connectivity index (χ3v) is 2.15. The number of aromatic hydroxyl groups is 1. The van der Waals surface area contributed by atoms with E-state index >= 15 is 0 Å². The topological polar surface area (TPSA) is 20.2 Å². The first-order valence-corrected chi connectivity index (χ1v) is 4.48. The van der Waals surface area contributed by atoms with E-state index in [1.54, 1.807) is 12.1 Å². The summed E-state index contributed by atoms with van der Waals surface area (Å²) in [4.78, 5) is 0. The quantitative estimate of drug-likeness (QED) is 0.719. The molecule has 0 bridgehead atoms. The molecule has 1 radical (unpaired) electrons. The Balaban J connectivity index is 2.57. The zero-order valence-corrected chi connectivity index (χ0v) is 7.77. The van der Waals surface area contributed by atoms with Crippen molar-refractivity contribution in [2.75, 3.05) is 0 Å². The molecule has 0 aliphatic heterocycles. The van der Waals surface area contributed by atoms with Crippen LogP contribution in [-0.2, 0) is 0 Å². The van der Waals surface area contributed by atoms with E-state index in [9.17, 15) is 5.11 Å². The van der Waals surface area contributed by atoms with E-state index in [4.69, 9.17) is 0 Å². The average molecular weight is 183 g/mol. The van der Waals surface area contributed by atoms with Gasteiger partial charge in [-0.15, -0.1) is 0 Å². The fourth-order valence-electron chi connectivity index (χ4n) is 1.43. The minimum atomic E-state index is 0.295. The molecule has 2 aromatic rings. The van der Waals surface area contributed by atoms with E-state index in [1.807, 2.05) is 36.4 Å². The maximum atomic E-state index is 9.66. The Hall–Kier alpha value is -1.76. The van der Waals surface area contributed by atoms with Crippen LogP contribution in [0.1, 0.15) is 5.56 Å². The zero-order valence-electron chi connectivity index (χ0n) is 7.77. The molecule has 0 aliphatic rings. The summed E-state index contributed by atoms with van der Waals surface area (Å²) >= 11 is 0. The summed E-state index contributed by atoms with van der Waals surface area (Å²) in [5, 5.41) is 9.66. The van der Waals surface area contributed by atoms with Crippen LogP contribution in [0, 0.1) is 6.92 Å². The maximum Gasteiger partial charge on any atom is 0.123 e. The van der Waals surface area contributed by atoms with E-state index in [0.29, 0.717) is 5.75 Å². The molecule has 1 nitrogen and oxygen atoms in total. The SMILES string of the molecule is [CH2]c1ccc(O)c(-c2ccccc2)c1. The first-order valence-electron chi connectivity index (χ1n) is 4.48. The molecule has 69 valence electrons. The van der Waals surface area contributed by atoms with Crippen molar-refractivity contribution in [1.82, 2.24) is 0 Å². The van der Waals surface area contributed by atoms with Crippen molar-refractivity contribution in [3.63, 3.8) is 0 Å². The smallest absolute Gasteiger partial charge is 0.123 e. The van der Waals surface area contributed by atoms with Gasteiger partial charge in [0.25, 0.3) is 0 Å². The molecular weight excluding hydrogens is 172 g/mol. The summed E-state index contributed by atoms with van der Waals surface area (Å²) in [5.41, 5.74) is 2.75. The molecular formula is C13H11O. The van der Waals surface area contributed by atoms with Crippen molar-refractivity contribution in [2.45, 2.75) is 0 Å². The van der Waals surface area contributed by atoms with Gasteiger partial charge in [0.15, 0.2) is 0 Å². The van der Waals surface area contributed by atoms with Crippen LogP contribution in [0.2, 0.25) is 0 Å². The van der Waals surface area contributed by atoms with Gasteiger partial charge in [-0.3, -0.25) is 0 Å². The number of rotatable bonds is 1. The van der Waals surface area contributed by atoms with Crippen LogP contribution >= 0.6 is 0 Å². The molecule has 0 saturated carbocycles. The molecule has 0 amide bonds. The lowest BCUT2D eigenvalue weighted by Gasteiger charge is -2.05. The van der Waals surface area contributed by atoms with Gasteiger partial charge in [-0.2, -0.15) is 0 Å². The summed E-state index contributed by atoms with van der Waals surface area (Å²) < 4.78 is 0. The lowest BCUT2D eigenvalue weighted by Crippen LogP contribution is -1.80. The van der Waals surface area contributed by atoms with Gasteiger partial charge < -0.3 is 5.11 Å². The normalized spacial score (nSPS) is 10.1. The molecule has 0 aliphatic carbocycles. The van der Waals surface area contributed by atoms with E-state index in [1.165, 1.54) is 0 Å². The molecule has 2 rings (SSSR count). The van der Waals surface area contributed by atoms with E-state index < -0.39 is 0 Å². The Kier molecular flexibility index (Phi) is 2.23. The van der Waals surface area contributed by atoms with Gasteiger partial charge in [-0.05, 0) is 30.2 Å². The first kappa shape index (κ1) is 8.82. The van der Waals surface area contributed by atoms with Crippen LogP contribution in [0.3, 0.4) is 0 Å². The van der Waals surface area contributed by atoms with Gasteiger partial charge >= 0.3 is 0 Å². The fraction of sp³-hybridized carbons (Fsp3) is 0. The highest BCUT2D eigenvalue weighted by atomic mass is 16.3. The zero-order chi connectivity index (χ0) is 9.97. The van der Waals surface area contributed by atoms with Gasteiger partial charge in [-0.1, -0.05) is 36.4 Å². The second-order valence-corrected chi connectivity index (χ2v) is 3.22. The molecule has 0 atom stereocenters. The Morgan fingerprint density at radius 2 is 1.64 bits per heavy atom. The van der Waals surface area contributed by atoms with Crippen LogP contribution in [0.4, 0.5) is 0 Å². The molecule has 0 fully saturated rings. The van der Waals surface area contributed by atoms with Gasteiger partial charge in [0.05, 0.1) is 0 Å². The largest absolute Gasteiger partial charge is 0.507 e. The highest BCUT2D eigenvalue weighted by molar-refractivity contribution is 5.70. The van der Waals surface area contributed by atoms with Crippen molar-refractivity contribution < 1.29 is 5.11 Å². The van der Waals surface area contributed by atoms with E-state index in [2.05, 4.69) is 6.92 Å². The number of phenolic OH excluding ortho intramolecular Hbond substituents is 1. The summed E-state index contributed by atoms with van der Waals surface area (Å²) in [6, 6.07) is 15.1. The molecule has 0 aromatic heterocycles. The third kappa shape index (κ3) is 1.62. The molecule has 0 heterocycles. The average Bonchev–Trinajstić information content (AvgIpc) is 2.23. The number of benzene rings is 2. The fourth-order valence-corrected chi connectivity index (χ4v) is 1.43. The lowest BCUT2D eigenvalue weighted by molar-refractivity contribution is 0.477. The van der Waals surface area contributed by atoms with Gasteiger partial charge in [0.1, 0.15) is 5.75 Å². The number of hydrogen-bond donors (Lipinski definition) is 1. The molecule has 1 heteroatoms. The second-order valence-electron chi connectivity index (χ2n) is 3.22. The second kappa shape index (κ2) is 3.54. The van der Waals surface area contributed by atoms with E-state index in [0.717, 1.165) is 16.7 Å². The highest BCUT2D eigenvalue weighted by Gasteiger charge is 2.02. The maximum absolute atomic E-state index is 9.66. The molecule has 2 aromatic carbocycles. The molecule has 14 heavy (non-hydrogen) atoms. The van der Waals surface area contributed by atoms with Crippen molar-refractivity contribution in [3.8, 4) is 16.9 Å². The van der Waals surface area contributed by atoms with Crippen LogP contribution in [0.25, 0.3) is 11.1 Å². The highest BCUT2D eigenvalue weighted by Crippen LogP contribution is 2.29. The van der Waals surface area contributed by atoms with Gasteiger partial charge in [0, 0.05) is 5.56 Å². The Morgan fingerprint density at radius 1 is 0.929 bits per heavy atom. The summed E-state index contributed by atoms with van der Waals surface area (Å²) in [6.45, 7) is 3.84. The summed E-state index contributed by atoms with van der Waals surface area (Å²) in [6.07, 6.45) is 0. The number of hydrogen-bond acceptors (Lipinski definition) is 1. The minimum Gasteiger partial charge on any atom is -0.507 e. The Bertz CT molecular complexity index is 432. The molecule has 1 N–H and O–H groups in total. The lowest BCUT2D eigenvalue weighted by atomic mass is 10.0. The minimum absolute atomic E-state index is 0.295. The van der Waals surface area contributed by atoms with Crippen LogP contribution < -0.4 is 0 Å². The first-order chi connectivity index (χ1) is 6.77. The summed E-state index contributed by atoms with van der Waals surface area (Å²) in [5.74, 6) is 0.295. The monoisotopic (exact) mass is 183 g/mol. The van der Waals surface area contributed by atoms with Crippen LogP contribution in [-0.4, -0.2) is 5.11 Å². The molecule has 0 saturated heterocycles. The predicted molar refractivity (Wildman–Crippen MR) is 58.0 cm³/mol. The Morgan fingerprint density at radius 3 is 2.36 bits per heavy atom. The standard InChI is InChI=1S/C13H11O/c1-10-7-8-13(14)12(9-10)11-5-3-2-4-6-11/h2-9,14H,1H2. The third-order valence-electron chi connectivity index (χ3n) is 2.15. The van der Waals surface area contributed by atoms with Gasteiger partial charge in [-0.25, -0.2) is 0 Å². The summed E-state index contributed by atoms with van der Waals surface area (Å²) in [7, 11) is 0. The van der Waals surface area contributed by atoms with Crippen LogP contribution in [0.5, 0.6) is 5.75 Å². The van der Waals surface area contributed by atoms with Crippen molar-refractivity contribution in [2.24, 2.45) is 0 Å². The van der Waals surface area contributed by atoms with Gasteiger partial charge in [0.2, 0.25) is 0 Å². The number of phenols is 1. The molecule has 0 unspecified atom stereocenters. The molecule has 0 spiro atoms. The van der Waals surface area contributed by atoms with E-state index in [-0.39, 0.29) is 0 Å².